The molecule has 0 saturated heterocycles. The number of nitrogens with zero attached hydrogens (tertiary/aromatic N) is 2. The van der Waals surface area contributed by atoms with Gasteiger partial charge < -0.3 is 9.15 Å². The van der Waals surface area contributed by atoms with E-state index in [0.29, 0.717) is 27.2 Å². The van der Waals surface area contributed by atoms with Crippen molar-refractivity contribution in [2.45, 2.75) is 26.8 Å². The second-order valence-corrected chi connectivity index (χ2v) is 8.47. The summed E-state index contributed by atoms with van der Waals surface area (Å²) in [5.74, 6) is 1.24. The van der Waals surface area contributed by atoms with Crippen molar-refractivity contribution in [2.24, 2.45) is 0 Å². The highest BCUT2D eigenvalue weighted by Gasteiger charge is 2.24. The largest absolute Gasteiger partial charge is 0.494 e. The predicted molar refractivity (Wildman–Crippen MR) is 121 cm³/mol. The molecule has 0 aliphatic carbocycles. The number of thiazole rings is 1. The lowest BCUT2D eigenvalue weighted by Gasteiger charge is -2.19. The molecule has 0 spiro atoms. The Morgan fingerprint density at radius 2 is 2.07 bits per heavy atom. The van der Waals surface area contributed by atoms with E-state index >= 15 is 0 Å². The predicted octanol–water partition coefficient (Wildman–Crippen LogP) is 5.94. The van der Waals surface area contributed by atoms with Crippen LogP contribution in [0.3, 0.4) is 0 Å². The molecule has 0 radical (unpaired) electrons. The number of carbonyl (C=O) groups excluding carboxylic acids is 1. The number of rotatable bonds is 6. The molecule has 0 bridgehead atoms. The van der Waals surface area contributed by atoms with Crippen molar-refractivity contribution in [1.82, 2.24) is 4.98 Å². The molecule has 0 unspecified atom stereocenters. The van der Waals surface area contributed by atoms with Crippen LogP contribution in [0.5, 0.6) is 5.75 Å². The van der Waals surface area contributed by atoms with Gasteiger partial charge in [-0.2, -0.15) is 0 Å². The third-order valence-electron chi connectivity index (χ3n) is 4.94. The number of halogens is 1. The standard InChI is InChI=1S/C23H21ClN2O3S/c1-14-6-7-15(2)16(11-14)12-20(27)26(13-17-5-4-10-29-17)23-25-21-19(28-3)9-8-18(24)22(21)30-23/h4-11H,12-13H2,1-3H3. The van der Waals surface area contributed by atoms with Crippen LogP contribution in [0.15, 0.2) is 53.1 Å². The summed E-state index contributed by atoms with van der Waals surface area (Å²) in [6.07, 6.45) is 1.87. The Hall–Kier alpha value is -2.83. The number of hydrogen-bond acceptors (Lipinski definition) is 5. The van der Waals surface area contributed by atoms with E-state index < -0.39 is 0 Å². The first kappa shape index (κ1) is 20.4. The van der Waals surface area contributed by atoms with Gasteiger partial charge in [0.2, 0.25) is 5.91 Å². The third kappa shape index (κ3) is 4.06. The summed E-state index contributed by atoms with van der Waals surface area (Å²) < 4.78 is 11.7. The first-order valence-corrected chi connectivity index (χ1v) is 10.7. The van der Waals surface area contributed by atoms with Crippen molar-refractivity contribution in [1.29, 1.82) is 0 Å². The summed E-state index contributed by atoms with van der Waals surface area (Å²) in [6, 6.07) is 13.3. The van der Waals surface area contributed by atoms with E-state index in [9.17, 15) is 4.79 Å². The van der Waals surface area contributed by atoms with Crippen LogP contribution >= 0.6 is 22.9 Å². The number of hydrogen-bond donors (Lipinski definition) is 0. The molecule has 1 amide bonds. The number of anilines is 1. The maximum absolute atomic E-state index is 13.4. The van der Waals surface area contributed by atoms with Gasteiger partial charge in [0, 0.05) is 0 Å². The molecule has 4 rings (SSSR count). The molecule has 5 nitrogen and oxygen atoms in total. The Morgan fingerprint density at radius 3 is 2.80 bits per heavy atom. The molecule has 0 fully saturated rings. The summed E-state index contributed by atoms with van der Waals surface area (Å²) in [7, 11) is 1.59. The molecule has 0 aliphatic rings. The number of furan rings is 1. The van der Waals surface area contributed by atoms with Crippen LogP contribution in [0, 0.1) is 13.8 Å². The molecule has 2 heterocycles. The van der Waals surface area contributed by atoms with Crippen LogP contribution < -0.4 is 9.64 Å². The summed E-state index contributed by atoms with van der Waals surface area (Å²) >= 11 is 7.76. The average Bonchev–Trinajstić information content (AvgIpc) is 3.39. The molecule has 2 aromatic carbocycles. The van der Waals surface area contributed by atoms with Crippen LogP contribution in [0.2, 0.25) is 5.02 Å². The minimum Gasteiger partial charge on any atom is -0.494 e. The average molecular weight is 441 g/mol. The van der Waals surface area contributed by atoms with E-state index in [2.05, 4.69) is 6.07 Å². The van der Waals surface area contributed by atoms with Crippen molar-refractivity contribution < 1.29 is 13.9 Å². The fourth-order valence-corrected chi connectivity index (χ4v) is 4.56. The van der Waals surface area contributed by atoms with Crippen LogP contribution in [0.4, 0.5) is 5.13 Å². The fourth-order valence-electron chi connectivity index (χ4n) is 3.29. The molecule has 30 heavy (non-hydrogen) atoms. The molecule has 0 N–H and O–H groups in total. The van der Waals surface area contributed by atoms with E-state index in [1.807, 2.05) is 32.0 Å². The number of benzene rings is 2. The molecule has 0 saturated carbocycles. The number of aryl methyl sites for hydroxylation is 2. The summed E-state index contributed by atoms with van der Waals surface area (Å²) in [4.78, 5) is 19.8. The van der Waals surface area contributed by atoms with E-state index in [-0.39, 0.29) is 18.9 Å². The molecule has 0 aliphatic heterocycles. The zero-order valence-electron chi connectivity index (χ0n) is 16.9. The van der Waals surface area contributed by atoms with Crippen LogP contribution in [-0.2, 0) is 17.8 Å². The maximum Gasteiger partial charge on any atom is 0.233 e. The van der Waals surface area contributed by atoms with E-state index in [4.69, 9.17) is 25.7 Å². The monoisotopic (exact) mass is 440 g/mol. The normalized spacial score (nSPS) is 11.1. The second kappa shape index (κ2) is 8.50. The highest BCUT2D eigenvalue weighted by Crippen LogP contribution is 2.39. The first-order chi connectivity index (χ1) is 14.5. The third-order valence-corrected chi connectivity index (χ3v) is 6.48. The lowest BCUT2D eigenvalue weighted by atomic mass is 10.0. The van der Waals surface area contributed by atoms with Crippen LogP contribution in [0.25, 0.3) is 10.2 Å². The van der Waals surface area contributed by atoms with Crippen molar-refractivity contribution in [2.75, 3.05) is 12.0 Å². The summed E-state index contributed by atoms with van der Waals surface area (Å²) in [5.41, 5.74) is 3.86. The van der Waals surface area contributed by atoms with Gasteiger partial charge in [0.05, 0.1) is 36.1 Å². The van der Waals surface area contributed by atoms with Gasteiger partial charge in [-0.25, -0.2) is 4.98 Å². The van der Waals surface area contributed by atoms with Gasteiger partial charge in [0.1, 0.15) is 17.0 Å². The lowest BCUT2D eigenvalue weighted by molar-refractivity contribution is -0.118. The summed E-state index contributed by atoms with van der Waals surface area (Å²) in [5, 5.41) is 1.14. The minimum atomic E-state index is -0.0609. The van der Waals surface area contributed by atoms with Crippen molar-refractivity contribution in [3.8, 4) is 5.75 Å². The number of methoxy groups -OCH3 is 1. The van der Waals surface area contributed by atoms with E-state index in [0.717, 1.165) is 21.4 Å². The van der Waals surface area contributed by atoms with Gasteiger partial charge >= 0.3 is 0 Å². The number of amides is 1. The van der Waals surface area contributed by atoms with Gasteiger partial charge in [-0.15, -0.1) is 0 Å². The fraction of sp³-hybridized carbons (Fsp3) is 0.217. The van der Waals surface area contributed by atoms with Crippen molar-refractivity contribution >= 4 is 44.2 Å². The van der Waals surface area contributed by atoms with E-state index in [1.165, 1.54) is 11.3 Å². The number of ether oxygens (including phenoxy) is 1. The smallest absolute Gasteiger partial charge is 0.233 e. The number of aromatic nitrogens is 1. The molecule has 7 heteroatoms. The topological polar surface area (TPSA) is 55.6 Å². The van der Waals surface area contributed by atoms with Gasteiger partial charge in [-0.05, 0) is 49.2 Å². The van der Waals surface area contributed by atoms with Gasteiger partial charge in [-0.1, -0.05) is 46.7 Å². The second-order valence-electron chi connectivity index (χ2n) is 7.09. The van der Waals surface area contributed by atoms with Gasteiger partial charge in [0.25, 0.3) is 0 Å². The minimum absolute atomic E-state index is 0.0609. The lowest BCUT2D eigenvalue weighted by Crippen LogP contribution is -2.31. The van der Waals surface area contributed by atoms with Gasteiger partial charge in [-0.3, -0.25) is 9.69 Å². The molecular formula is C23H21ClN2O3S. The highest BCUT2D eigenvalue weighted by molar-refractivity contribution is 7.23. The molecule has 2 aromatic heterocycles. The quantitative estimate of drug-likeness (QED) is 0.372. The summed E-state index contributed by atoms with van der Waals surface area (Å²) in [6.45, 7) is 4.33. The maximum atomic E-state index is 13.4. The molecule has 4 aromatic rings. The SMILES string of the molecule is COc1ccc(Cl)c2sc(N(Cc3ccco3)C(=O)Cc3cc(C)ccc3C)nc12. The first-order valence-electron chi connectivity index (χ1n) is 9.48. The molecule has 0 atom stereocenters. The Balaban J connectivity index is 1.75. The molecular weight excluding hydrogens is 420 g/mol. The Kier molecular flexibility index (Phi) is 5.79. The van der Waals surface area contributed by atoms with Crippen molar-refractivity contribution in [3.63, 3.8) is 0 Å². The zero-order chi connectivity index (χ0) is 21.3. The van der Waals surface area contributed by atoms with Crippen LogP contribution in [0.1, 0.15) is 22.5 Å². The van der Waals surface area contributed by atoms with E-state index in [1.54, 1.807) is 36.5 Å². The number of carbonyl (C=O) groups is 1. The Labute approximate surface area is 183 Å². The Morgan fingerprint density at radius 1 is 1.23 bits per heavy atom. The van der Waals surface area contributed by atoms with Crippen LogP contribution in [-0.4, -0.2) is 18.0 Å². The number of fused-ring (bicyclic) bond motifs is 1. The van der Waals surface area contributed by atoms with Gasteiger partial charge in [0.15, 0.2) is 5.13 Å². The Bertz CT molecular complexity index is 1200. The molecule has 154 valence electrons. The van der Waals surface area contributed by atoms with Crippen molar-refractivity contribution in [3.05, 3.63) is 76.2 Å². The zero-order valence-corrected chi connectivity index (χ0v) is 18.5. The highest BCUT2D eigenvalue weighted by atomic mass is 35.5.